The van der Waals surface area contributed by atoms with E-state index in [9.17, 15) is 5.11 Å². The minimum Gasteiger partial charge on any atom is -0.396 e. The maximum Gasteiger partial charge on any atom is 0.0535 e. The molecule has 0 saturated heterocycles. The first kappa shape index (κ1) is 18.7. The van der Waals surface area contributed by atoms with Gasteiger partial charge in [-0.15, -0.1) is 0 Å². The van der Waals surface area contributed by atoms with E-state index in [1.165, 1.54) is 16.8 Å². The van der Waals surface area contributed by atoms with Crippen LogP contribution in [0.15, 0.2) is 36.5 Å². The van der Waals surface area contributed by atoms with Gasteiger partial charge in [0.2, 0.25) is 0 Å². The second-order valence-electron chi connectivity index (χ2n) is 8.26. The Bertz CT molecular complexity index is 626. The lowest BCUT2D eigenvalue weighted by Gasteiger charge is -2.33. The summed E-state index contributed by atoms with van der Waals surface area (Å²) in [6.45, 7) is 12.5. The molecule has 0 fully saturated rings. The summed E-state index contributed by atoms with van der Waals surface area (Å²) in [6.07, 6.45) is 1.91. The van der Waals surface area contributed by atoms with Crippen LogP contribution in [0.25, 0.3) is 0 Å². The highest BCUT2D eigenvalue weighted by molar-refractivity contribution is 5.24. The molecule has 2 rings (SSSR count). The lowest BCUT2D eigenvalue weighted by molar-refractivity contribution is 0.129. The summed E-state index contributed by atoms with van der Waals surface area (Å²) in [6, 6.07) is 10.4. The fourth-order valence-electron chi connectivity index (χ4n) is 3.09. The van der Waals surface area contributed by atoms with Crippen LogP contribution in [-0.4, -0.2) is 28.5 Å². The quantitative estimate of drug-likeness (QED) is 0.727. The van der Waals surface area contributed by atoms with Crippen LogP contribution in [0, 0.1) is 5.41 Å². The van der Waals surface area contributed by atoms with E-state index in [2.05, 4.69) is 74.4 Å². The molecule has 1 aromatic heterocycles. The van der Waals surface area contributed by atoms with Gasteiger partial charge in [0.25, 0.3) is 0 Å². The molecule has 3 N–H and O–H groups in total. The Kier molecular flexibility index (Phi) is 5.83. The molecule has 4 heteroatoms. The van der Waals surface area contributed by atoms with Gasteiger partial charge < -0.3 is 10.4 Å². The van der Waals surface area contributed by atoms with Gasteiger partial charge in [-0.25, -0.2) is 0 Å². The van der Waals surface area contributed by atoms with Crippen LogP contribution in [-0.2, 0) is 12.0 Å². The van der Waals surface area contributed by atoms with Crippen molar-refractivity contribution in [1.29, 1.82) is 0 Å². The Labute approximate surface area is 145 Å². The average molecular weight is 329 g/mol. The molecule has 0 aliphatic heterocycles. The molecule has 2 aromatic rings. The molecule has 1 aromatic carbocycles. The zero-order valence-electron chi connectivity index (χ0n) is 15.6. The molecule has 24 heavy (non-hydrogen) atoms. The van der Waals surface area contributed by atoms with Gasteiger partial charge in [-0.1, -0.05) is 65.0 Å². The summed E-state index contributed by atoms with van der Waals surface area (Å²) < 4.78 is 0. The lowest BCUT2D eigenvalue weighted by atomic mass is 9.75. The Morgan fingerprint density at radius 3 is 2.38 bits per heavy atom. The molecule has 0 saturated carbocycles. The summed E-state index contributed by atoms with van der Waals surface area (Å²) in [4.78, 5) is 0. The SMILES string of the molecule is CC(C)(C)c1[nH]ncc1CNCC(c1ccccc1)C(C)(C)CO. The van der Waals surface area contributed by atoms with Crippen molar-refractivity contribution in [2.45, 2.75) is 52.5 Å². The average Bonchev–Trinajstić information content (AvgIpc) is 3.01. The molecule has 0 amide bonds. The number of aromatic nitrogens is 2. The zero-order valence-corrected chi connectivity index (χ0v) is 15.6. The van der Waals surface area contributed by atoms with Crippen LogP contribution < -0.4 is 5.32 Å². The molecular formula is C20H31N3O. The number of aromatic amines is 1. The van der Waals surface area contributed by atoms with Gasteiger partial charge in [-0.2, -0.15) is 5.10 Å². The molecule has 0 bridgehead atoms. The predicted octanol–water partition coefficient (Wildman–Crippen LogP) is 3.60. The number of benzene rings is 1. The standard InChI is InChI=1S/C20H31N3O/c1-19(2,3)18-16(12-22-23-18)11-21-13-17(20(4,5)14-24)15-9-7-6-8-10-15/h6-10,12,17,21,24H,11,13-14H2,1-5H3,(H,22,23). The molecular weight excluding hydrogens is 298 g/mol. The molecule has 0 aliphatic carbocycles. The van der Waals surface area contributed by atoms with Gasteiger partial charge in [0.15, 0.2) is 0 Å². The molecule has 0 spiro atoms. The van der Waals surface area contributed by atoms with Crippen LogP contribution in [0.4, 0.5) is 0 Å². The van der Waals surface area contributed by atoms with E-state index in [0.717, 1.165) is 13.1 Å². The summed E-state index contributed by atoms with van der Waals surface area (Å²) >= 11 is 0. The van der Waals surface area contributed by atoms with E-state index in [1.807, 2.05) is 12.3 Å². The smallest absolute Gasteiger partial charge is 0.0535 e. The Balaban J connectivity index is 2.09. The number of rotatable bonds is 7. The number of nitrogens with zero attached hydrogens (tertiary/aromatic N) is 1. The minimum absolute atomic E-state index is 0.0523. The first-order valence-corrected chi connectivity index (χ1v) is 8.65. The monoisotopic (exact) mass is 329 g/mol. The molecule has 0 aliphatic rings. The predicted molar refractivity (Wildman–Crippen MR) is 99.0 cm³/mol. The second kappa shape index (κ2) is 7.49. The van der Waals surface area contributed by atoms with Crippen LogP contribution in [0.2, 0.25) is 0 Å². The van der Waals surface area contributed by atoms with Gasteiger partial charge in [0.05, 0.1) is 6.20 Å². The highest BCUT2D eigenvalue weighted by Gasteiger charge is 2.30. The van der Waals surface area contributed by atoms with E-state index in [-0.39, 0.29) is 23.4 Å². The van der Waals surface area contributed by atoms with Gasteiger partial charge in [-0.3, -0.25) is 5.10 Å². The number of nitrogens with one attached hydrogen (secondary N) is 2. The van der Waals surface area contributed by atoms with Gasteiger partial charge in [0.1, 0.15) is 0 Å². The van der Waals surface area contributed by atoms with Crippen molar-refractivity contribution in [2.24, 2.45) is 5.41 Å². The number of H-pyrrole nitrogens is 1. The van der Waals surface area contributed by atoms with Gasteiger partial charge in [0, 0.05) is 42.3 Å². The van der Waals surface area contributed by atoms with Crippen LogP contribution >= 0.6 is 0 Å². The van der Waals surface area contributed by atoms with E-state index in [4.69, 9.17) is 0 Å². The van der Waals surface area contributed by atoms with E-state index in [0.29, 0.717) is 0 Å². The van der Waals surface area contributed by atoms with E-state index in [1.54, 1.807) is 0 Å². The number of aliphatic hydroxyl groups excluding tert-OH is 1. The third-order valence-corrected chi connectivity index (χ3v) is 4.68. The van der Waals surface area contributed by atoms with Crippen molar-refractivity contribution in [3.63, 3.8) is 0 Å². The molecule has 0 radical (unpaired) electrons. The maximum atomic E-state index is 9.82. The third-order valence-electron chi connectivity index (χ3n) is 4.68. The van der Waals surface area contributed by atoms with E-state index >= 15 is 0 Å². The fourth-order valence-corrected chi connectivity index (χ4v) is 3.09. The number of hydrogen-bond acceptors (Lipinski definition) is 3. The highest BCUT2D eigenvalue weighted by Crippen LogP contribution is 2.34. The summed E-state index contributed by atoms with van der Waals surface area (Å²) in [5.41, 5.74) is 3.50. The van der Waals surface area contributed by atoms with Crippen LogP contribution in [0.5, 0.6) is 0 Å². The van der Waals surface area contributed by atoms with Crippen molar-refractivity contribution in [3.8, 4) is 0 Å². The molecule has 1 heterocycles. The summed E-state index contributed by atoms with van der Waals surface area (Å²) in [5, 5.41) is 20.7. The summed E-state index contributed by atoms with van der Waals surface area (Å²) in [7, 11) is 0. The van der Waals surface area contributed by atoms with Crippen molar-refractivity contribution in [2.75, 3.05) is 13.2 Å². The zero-order chi connectivity index (χ0) is 17.8. The third kappa shape index (κ3) is 4.46. The maximum absolute atomic E-state index is 9.82. The van der Waals surface area contributed by atoms with Crippen LogP contribution in [0.1, 0.15) is 57.4 Å². The summed E-state index contributed by atoms with van der Waals surface area (Å²) in [5.74, 6) is 0.244. The number of hydrogen-bond donors (Lipinski definition) is 3. The van der Waals surface area contributed by atoms with Crippen molar-refractivity contribution < 1.29 is 5.11 Å². The minimum atomic E-state index is -0.183. The normalized spacial score (nSPS) is 13.9. The van der Waals surface area contributed by atoms with E-state index < -0.39 is 0 Å². The van der Waals surface area contributed by atoms with Crippen molar-refractivity contribution >= 4 is 0 Å². The Morgan fingerprint density at radius 2 is 1.79 bits per heavy atom. The second-order valence-corrected chi connectivity index (χ2v) is 8.26. The number of aliphatic hydroxyl groups is 1. The van der Waals surface area contributed by atoms with Crippen molar-refractivity contribution in [3.05, 3.63) is 53.3 Å². The molecule has 1 unspecified atom stereocenters. The molecule has 1 atom stereocenters. The topological polar surface area (TPSA) is 60.9 Å². The molecule has 4 nitrogen and oxygen atoms in total. The first-order chi connectivity index (χ1) is 11.3. The van der Waals surface area contributed by atoms with Gasteiger partial charge >= 0.3 is 0 Å². The fraction of sp³-hybridized carbons (Fsp3) is 0.550. The lowest BCUT2D eigenvalue weighted by Crippen LogP contribution is -2.34. The molecule has 132 valence electrons. The van der Waals surface area contributed by atoms with Crippen LogP contribution in [0.3, 0.4) is 0 Å². The Hall–Kier alpha value is -1.65. The highest BCUT2D eigenvalue weighted by atomic mass is 16.3. The first-order valence-electron chi connectivity index (χ1n) is 8.65. The van der Waals surface area contributed by atoms with Gasteiger partial charge in [-0.05, 0) is 11.0 Å². The largest absolute Gasteiger partial charge is 0.396 e. The Morgan fingerprint density at radius 1 is 1.12 bits per heavy atom. The van der Waals surface area contributed by atoms with Crippen molar-refractivity contribution in [1.82, 2.24) is 15.5 Å².